The Hall–Kier alpha value is -3.55. The van der Waals surface area contributed by atoms with Crippen LogP contribution < -0.4 is 4.90 Å². The van der Waals surface area contributed by atoms with Crippen LogP contribution in [0.3, 0.4) is 0 Å². The minimum Gasteiger partial charge on any atom is -0.375 e. The molecule has 162 valence electrons. The molecule has 7 nitrogen and oxygen atoms in total. The first-order chi connectivity index (χ1) is 15.3. The summed E-state index contributed by atoms with van der Waals surface area (Å²) in [6, 6.07) is 19.5. The van der Waals surface area contributed by atoms with Gasteiger partial charge in [0.2, 0.25) is 0 Å². The zero-order chi connectivity index (χ0) is 22.9. The summed E-state index contributed by atoms with van der Waals surface area (Å²) in [7, 11) is 0. The molecular weight excluding hydrogens is 432 g/mol. The van der Waals surface area contributed by atoms with Crippen LogP contribution in [0, 0.1) is 10.1 Å². The van der Waals surface area contributed by atoms with Gasteiger partial charge in [0.15, 0.2) is 11.4 Å². The first kappa shape index (κ1) is 21.7. The normalized spacial score (nSPS) is 17.3. The van der Waals surface area contributed by atoms with Crippen molar-refractivity contribution in [3.8, 4) is 0 Å². The largest absolute Gasteiger partial charge is 0.375 e. The number of ketones is 1. The number of nitro groups is 1. The van der Waals surface area contributed by atoms with E-state index in [0.717, 1.165) is 5.56 Å². The number of rotatable bonds is 7. The van der Waals surface area contributed by atoms with Crippen LogP contribution >= 0.6 is 11.6 Å². The molecule has 0 aromatic heterocycles. The Morgan fingerprint density at radius 3 is 2.41 bits per heavy atom. The van der Waals surface area contributed by atoms with Crippen LogP contribution in [-0.4, -0.2) is 28.3 Å². The van der Waals surface area contributed by atoms with E-state index in [4.69, 9.17) is 11.6 Å². The Balaban J connectivity index is 1.62. The van der Waals surface area contributed by atoms with Crippen molar-refractivity contribution < 1.29 is 19.6 Å². The molecule has 1 aliphatic rings. The summed E-state index contributed by atoms with van der Waals surface area (Å²) in [5.41, 5.74) is -0.235. The van der Waals surface area contributed by atoms with E-state index in [9.17, 15) is 24.8 Å². The molecule has 0 bridgehead atoms. The zero-order valence-electron chi connectivity index (χ0n) is 16.9. The monoisotopic (exact) mass is 450 g/mol. The fourth-order valence-corrected chi connectivity index (χ4v) is 4.08. The van der Waals surface area contributed by atoms with Crippen molar-refractivity contribution in [1.82, 2.24) is 0 Å². The van der Waals surface area contributed by atoms with Gasteiger partial charge in [0.05, 0.1) is 17.0 Å². The van der Waals surface area contributed by atoms with E-state index < -0.39 is 28.6 Å². The fraction of sp³-hybridized carbons (Fsp3) is 0.167. The molecule has 0 spiro atoms. The van der Waals surface area contributed by atoms with E-state index in [-0.39, 0.29) is 16.8 Å². The summed E-state index contributed by atoms with van der Waals surface area (Å²) in [6.45, 7) is 0.325. The number of hydrogen-bond acceptors (Lipinski definition) is 5. The molecule has 1 amide bonds. The van der Waals surface area contributed by atoms with Crippen LogP contribution in [0.25, 0.3) is 0 Å². The summed E-state index contributed by atoms with van der Waals surface area (Å²) >= 11 is 6.13. The molecule has 3 aromatic carbocycles. The third-order valence-corrected chi connectivity index (χ3v) is 5.81. The topological polar surface area (TPSA) is 101 Å². The van der Waals surface area contributed by atoms with Crippen molar-refractivity contribution in [2.24, 2.45) is 0 Å². The van der Waals surface area contributed by atoms with Gasteiger partial charge in [-0.3, -0.25) is 19.7 Å². The van der Waals surface area contributed by atoms with Crippen molar-refractivity contribution >= 4 is 34.7 Å². The fourth-order valence-electron chi connectivity index (χ4n) is 3.90. The van der Waals surface area contributed by atoms with E-state index in [1.165, 1.54) is 35.2 Å². The maximum atomic E-state index is 13.3. The third kappa shape index (κ3) is 4.00. The van der Waals surface area contributed by atoms with Gasteiger partial charge in [0, 0.05) is 34.8 Å². The lowest BCUT2D eigenvalue weighted by Gasteiger charge is -2.23. The first-order valence-corrected chi connectivity index (χ1v) is 10.3. The predicted molar refractivity (Wildman–Crippen MR) is 120 cm³/mol. The molecular formula is C24H19ClN2O5. The van der Waals surface area contributed by atoms with Crippen LogP contribution in [0.4, 0.5) is 11.4 Å². The lowest BCUT2D eigenvalue weighted by molar-refractivity contribution is -0.384. The Labute approximate surface area is 189 Å². The van der Waals surface area contributed by atoms with Crippen LogP contribution in [0.15, 0.2) is 72.8 Å². The number of Topliss-reactive ketones (excluding diaryl/α,β-unsaturated/α-hetero) is 1. The van der Waals surface area contributed by atoms with Crippen molar-refractivity contribution in [1.29, 1.82) is 0 Å². The summed E-state index contributed by atoms with van der Waals surface area (Å²) in [5.74, 6) is -1.10. The van der Waals surface area contributed by atoms with E-state index in [1.54, 1.807) is 12.1 Å². The SMILES string of the molecule is O=C(C[C@@]1(O)C(=O)N(CCc2ccccc2)c2ccc(Cl)cc21)c1ccc([N+](=O)[O-])cc1. The molecule has 0 radical (unpaired) electrons. The number of fused-ring (bicyclic) bond motifs is 1. The Bertz CT molecular complexity index is 1200. The van der Waals surface area contributed by atoms with E-state index in [1.807, 2.05) is 30.3 Å². The highest BCUT2D eigenvalue weighted by atomic mass is 35.5. The van der Waals surface area contributed by atoms with Crippen LogP contribution in [0.5, 0.6) is 0 Å². The minimum atomic E-state index is -2.07. The molecule has 0 saturated heterocycles. The highest BCUT2D eigenvalue weighted by Crippen LogP contribution is 2.44. The predicted octanol–water partition coefficient (Wildman–Crippen LogP) is 4.30. The molecule has 8 heteroatoms. The Morgan fingerprint density at radius 1 is 1.06 bits per heavy atom. The highest BCUT2D eigenvalue weighted by molar-refractivity contribution is 6.31. The quantitative estimate of drug-likeness (QED) is 0.328. The van der Waals surface area contributed by atoms with Gasteiger partial charge in [-0.1, -0.05) is 41.9 Å². The van der Waals surface area contributed by atoms with Crippen LogP contribution in [0.2, 0.25) is 5.02 Å². The van der Waals surface area contributed by atoms with Gasteiger partial charge in [-0.15, -0.1) is 0 Å². The molecule has 1 atom stereocenters. The molecule has 3 aromatic rings. The number of halogens is 1. The van der Waals surface area contributed by atoms with Crippen molar-refractivity contribution in [3.63, 3.8) is 0 Å². The number of nitro benzene ring substituents is 1. The van der Waals surface area contributed by atoms with Crippen molar-refractivity contribution in [2.75, 3.05) is 11.4 Å². The second-order valence-corrected chi connectivity index (χ2v) is 8.05. The molecule has 1 N–H and O–H groups in total. The second-order valence-electron chi connectivity index (χ2n) is 7.62. The summed E-state index contributed by atoms with van der Waals surface area (Å²) in [4.78, 5) is 37.9. The molecule has 0 saturated carbocycles. The Morgan fingerprint density at radius 2 is 1.75 bits per heavy atom. The summed E-state index contributed by atoms with van der Waals surface area (Å²) < 4.78 is 0. The minimum absolute atomic E-state index is 0.151. The maximum absolute atomic E-state index is 13.3. The number of amides is 1. The first-order valence-electron chi connectivity index (χ1n) is 9.95. The van der Waals surface area contributed by atoms with Gasteiger partial charge >= 0.3 is 0 Å². The number of anilines is 1. The molecule has 0 aliphatic carbocycles. The lowest BCUT2D eigenvalue weighted by atomic mass is 9.88. The van der Waals surface area contributed by atoms with Crippen molar-refractivity contribution in [3.05, 3.63) is 105 Å². The molecule has 1 aliphatic heterocycles. The van der Waals surface area contributed by atoms with E-state index in [2.05, 4.69) is 0 Å². The van der Waals surface area contributed by atoms with Gasteiger partial charge < -0.3 is 10.0 Å². The smallest absolute Gasteiger partial charge is 0.269 e. The lowest BCUT2D eigenvalue weighted by Crippen LogP contribution is -2.42. The Kier molecular flexibility index (Phi) is 5.78. The number of non-ortho nitro benzene ring substituents is 1. The van der Waals surface area contributed by atoms with Gasteiger partial charge in [0.1, 0.15) is 0 Å². The van der Waals surface area contributed by atoms with E-state index >= 15 is 0 Å². The maximum Gasteiger partial charge on any atom is 0.269 e. The third-order valence-electron chi connectivity index (χ3n) is 5.58. The number of benzene rings is 3. The molecule has 32 heavy (non-hydrogen) atoms. The number of aliphatic hydroxyl groups is 1. The van der Waals surface area contributed by atoms with E-state index in [0.29, 0.717) is 23.7 Å². The van der Waals surface area contributed by atoms with Crippen LogP contribution in [0.1, 0.15) is 27.9 Å². The number of carbonyl (C=O) groups is 2. The van der Waals surface area contributed by atoms with Gasteiger partial charge in [-0.25, -0.2) is 0 Å². The highest BCUT2D eigenvalue weighted by Gasteiger charge is 2.50. The average molecular weight is 451 g/mol. The number of nitrogens with zero attached hydrogens (tertiary/aromatic N) is 2. The van der Waals surface area contributed by atoms with Gasteiger partial charge in [-0.2, -0.15) is 0 Å². The zero-order valence-corrected chi connectivity index (χ0v) is 17.7. The van der Waals surface area contributed by atoms with Crippen molar-refractivity contribution in [2.45, 2.75) is 18.4 Å². The van der Waals surface area contributed by atoms with Gasteiger partial charge in [0.25, 0.3) is 11.6 Å². The number of carbonyl (C=O) groups excluding carboxylic acids is 2. The average Bonchev–Trinajstić information content (AvgIpc) is 2.99. The molecule has 1 heterocycles. The summed E-state index contributed by atoms with van der Waals surface area (Å²) in [6.07, 6.45) is 0.0693. The molecule has 4 rings (SSSR count). The van der Waals surface area contributed by atoms with Crippen LogP contribution in [-0.2, 0) is 16.8 Å². The standard InChI is InChI=1S/C24H19ClN2O5/c25-18-8-11-21-20(14-18)24(30,15-22(28)17-6-9-19(10-7-17)27(31)32)23(29)26(21)13-12-16-4-2-1-3-5-16/h1-11,14,30H,12-13,15H2/t24-/m0/s1. The van der Waals surface area contributed by atoms with Gasteiger partial charge in [-0.05, 0) is 42.3 Å². The second kappa shape index (κ2) is 8.53. The number of hydrogen-bond donors (Lipinski definition) is 1. The summed E-state index contributed by atoms with van der Waals surface area (Å²) in [5, 5.41) is 22.6. The molecule has 0 fully saturated rings. The molecule has 0 unspecified atom stereocenters.